The topological polar surface area (TPSA) is 98.8 Å². The summed E-state index contributed by atoms with van der Waals surface area (Å²) >= 11 is 0. The van der Waals surface area contributed by atoms with E-state index in [0.29, 0.717) is 17.7 Å². The number of carbonyl (C=O) groups excluding carboxylic acids is 4. The molecule has 3 heterocycles. The lowest BCUT2D eigenvalue weighted by atomic mass is 9.91. The lowest BCUT2D eigenvalue weighted by Gasteiger charge is -2.45. The normalized spacial score (nSPS) is 26.4. The standard InChI is InChI=1S/C22H26N4O4/c27-17-7-6-16(19(28)24-17)26-20(29)15-5-3-4-14(18(15)21(26)30)12-25-11-10-23-13-22(25)8-1-2-9-22/h3-5,16,23H,1-2,6-13H2,(H,24,27,28). The zero-order chi connectivity index (χ0) is 20.9. The third-order valence-electron chi connectivity index (χ3n) is 7.13. The monoisotopic (exact) mass is 410 g/mol. The number of hydrogen-bond donors (Lipinski definition) is 2. The Balaban J connectivity index is 1.45. The van der Waals surface area contributed by atoms with E-state index in [2.05, 4.69) is 15.5 Å². The Morgan fingerprint density at radius 3 is 2.63 bits per heavy atom. The smallest absolute Gasteiger partial charge is 0.262 e. The molecule has 1 aromatic carbocycles. The number of carbonyl (C=O) groups is 4. The van der Waals surface area contributed by atoms with Crippen molar-refractivity contribution >= 4 is 23.6 Å². The van der Waals surface area contributed by atoms with Crippen molar-refractivity contribution < 1.29 is 19.2 Å². The fourth-order valence-corrected chi connectivity index (χ4v) is 5.58. The van der Waals surface area contributed by atoms with Gasteiger partial charge in [0.1, 0.15) is 6.04 Å². The minimum absolute atomic E-state index is 0.121. The van der Waals surface area contributed by atoms with Crippen molar-refractivity contribution in [3.05, 3.63) is 34.9 Å². The number of nitrogens with zero attached hydrogens (tertiary/aromatic N) is 2. The van der Waals surface area contributed by atoms with Crippen LogP contribution in [0.5, 0.6) is 0 Å². The van der Waals surface area contributed by atoms with Crippen LogP contribution < -0.4 is 10.6 Å². The highest BCUT2D eigenvalue weighted by Crippen LogP contribution is 2.38. The second-order valence-electron chi connectivity index (χ2n) is 8.82. The number of rotatable bonds is 3. The minimum atomic E-state index is -0.927. The molecular formula is C22H26N4O4. The molecule has 8 heteroatoms. The van der Waals surface area contributed by atoms with Crippen molar-refractivity contribution in [2.24, 2.45) is 0 Å². The van der Waals surface area contributed by atoms with E-state index in [1.807, 2.05) is 12.1 Å². The van der Waals surface area contributed by atoms with Gasteiger partial charge in [0.2, 0.25) is 11.8 Å². The van der Waals surface area contributed by atoms with Crippen molar-refractivity contribution in [2.75, 3.05) is 19.6 Å². The van der Waals surface area contributed by atoms with E-state index >= 15 is 0 Å². The molecule has 0 radical (unpaired) electrons. The lowest BCUT2D eigenvalue weighted by Crippen LogP contribution is -2.59. The van der Waals surface area contributed by atoms with Crippen LogP contribution in [0.25, 0.3) is 0 Å². The van der Waals surface area contributed by atoms with Crippen LogP contribution in [0, 0.1) is 0 Å². The van der Waals surface area contributed by atoms with E-state index in [9.17, 15) is 19.2 Å². The quantitative estimate of drug-likeness (QED) is 0.716. The Hall–Kier alpha value is -2.58. The Labute approximate surface area is 175 Å². The number of benzene rings is 1. The Morgan fingerprint density at radius 1 is 1.07 bits per heavy atom. The van der Waals surface area contributed by atoms with E-state index in [1.165, 1.54) is 12.8 Å². The molecule has 30 heavy (non-hydrogen) atoms. The minimum Gasteiger partial charge on any atom is -0.314 e. The number of imide groups is 2. The van der Waals surface area contributed by atoms with Gasteiger partial charge in [-0.15, -0.1) is 0 Å². The first-order valence-corrected chi connectivity index (χ1v) is 10.8. The Bertz CT molecular complexity index is 937. The largest absolute Gasteiger partial charge is 0.314 e. The zero-order valence-electron chi connectivity index (χ0n) is 16.9. The second kappa shape index (κ2) is 7.28. The van der Waals surface area contributed by atoms with Crippen molar-refractivity contribution in [1.29, 1.82) is 0 Å². The van der Waals surface area contributed by atoms with E-state index in [0.717, 1.165) is 42.9 Å². The van der Waals surface area contributed by atoms with Gasteiger partial charge in [0.25, 0.3) is 11.8 Å². The summed E-state index contributed by atoms with van der Waals surface area (Å²) < 4.78 is 0. The van der Waals surface area contributed by atoms with Crippen molar-refractivity contribution in [3.63, 3.8) is 0 Å². The Kier molecular flexibility index (Phi) is 4.71. The maximum atomic E-state index is 13.3. The third kappa shape index (κ3) is 2.97. The fraction of sp³-hybridized carbons (Fsp3) is 0.545. The summed E-state index contributed by atoms with van der Waals surface area (Å²) in [5.41, 5.74) is 1.74. The molecule has 0 bridgehead atoms. The summed E-state index contributed by atoms with van der Waals surface area (Å²) in [7, 11) is 0. The number of fused-ring (bicyclic) bond motifs is 1. The first kappa shape index (κ1) is 19.4. The van der Waals surface area contributed by atoms with Crippen molar-refractivity contribution in [3.8, 4) is 0 Å². The molecule has 1 atom stereocenters. The number of amides is 4. The van der Waals surface area contributed by atoms with Gasteiger partial charge in [0.15, 0.2) is 0 Å². The average molecular weight is 410 g/mol. The Morgan fingerprint density at radius 2 is 1.87 bits per heavy atom. The van der Waals surface area contributed by atoms with Crippen LogP contribution in [-0.4, -0.2) is 64.6 Å². The van der Waals surface area contributed by atoms with Gasteiger partial charge >= 0.3 is 0 Å². The second-order valence-corrected chi connectivity index (χ2v) is 8.82. The molecule has 1 unspecified atom stereocenters. The van der Waals surface area contributed by atoms with Crippen molar-refractivity contribution in [1.82, 2.24) is 20.4 Å². The first-order valence-electron chi connectivity index (χ1n) is 10.8. The maximum absolute atomic E-state index is 13.3. The molecule has 1 saturated carbocycles. The van der Waals surface area contributed by atoms with Gasteiger partial charge in [-0.2, -0.15) is 0 Å². The van der Waals surface area contributed by atoms with Gasteiger partial charge in [-0.1, -0.05) is 25.0 Å². The summed E-state index contributed by atoms with van der Waals surface area (Å²) in [4.78, 5) is 53.7. The number of piperidine rings is 1. The average Bonchev–Trinajstić information content (AvgIpc) is 3.29. The van der Waals surface area contributed by atoms with Crippen LogP contribution in [-0.2, 0) is 16.1 Å². The molecule has 4 aliphatic rings. The molecule has 3 aliphatic heterocycles. The summed E-state index contributed by atoms with van der Waals surface area (Å²) in [5.74, 6) is -1.80. The summed E-state index contributed by atoms with van der Waals surface area (Å²) in [5, 5.41) is 5.77. The molecular weight excluding hydrogens is 384 g/mol. The van der Waals surface area contributed by atoms with Gasteiger partial charge in [-0.05, 0) is 30.9 Å². The molecule has 4 amide bonds. The van der Waals surface area contributed by atoms with E-state index in [4.69, 9.17) is 0 Å². The molecule has 158 valence electrons. The summed E-state index contributed by atoms with van der Waals surface area (Å²) in [6.07, 6.45) is 5.01. The molecule has 5 rings (SSSR count). The molecule has 1 aromatic rings. The predicted octanol–water partition coefficient (Wildman–Crippen LogP) is 0.806. The number of hydrogen-bond acceptors (Lipinski definition) is 6. The van der Waals surface area contributed by atoms with Gasteiger partial charge in [0.05, 0.1) is 11.1 Å². The summed E-state index contributed by atoms with van der Waals surface area (Å²) in [6.45, 7) is 3.39. The van der Waals surface area contributed by atoms with Gasteiger partial charge in [-0.25, -0.2) is 0 Å². The van der Waals surface area contributed by atoms with Gasteiger partial charge in [-0.3, -0.25) is 34.3 Å². The molecule has 0 aromatic heterocycles. The highest BCUT2D eigenvalue weighted by atomic mass is 16.2. The lowest BCUT2D eigenvalue weighted by molar-refractivity contribution is -0.136. The molecule has 3 fully saturated rings. The first-order chi connectivity index (χ1) is 14.5. The zero-order valence-corrected chi connectivity index (χ0v) is 16.9. The predicted molar refractivity (Wildman–Crippen MR) is 108 cm³/mol. The molecule has 2 saturated heterocycles. The van der Waals surface area contributed by atoms with Crippen LogP contribution in [0.3, 0.4) is 0 Å². The van der Waals surface area contributed by atoms with Gasteiger partial charge in [0, 0.05) is 38.1 Å². The highest BCUT2D eigenvalue weighted by molar-refractivity contribution is 6.24. The molecule has 1 aliphatic carbocycles. The molecule has 8 nitrogen and oxygen atoms in total. The number of nitrogens with one attached hydrogen (secondary N) is 2. The molecule has 1 spiro atoms. The van der Waals surface area contributed by atoms with E-state index in [-0.39, 0.29) is 24.3 Å². The van der Waals surface area contributed by atoms with Crippen LogP contribution in [0.1, 0.15) is 64.8 Å². The van der Waals surface area contributed by atoms with Gasteiger partial charge < -0.3 is 5.32 Å². The third-order valence-corrected chi connectivity index (χ3v) is 7.13. The van der Waals surface area contributed by atoms with Crippen molar-refractivity contribution in [2.45, 2.75) is 56.7 Å². The van der Waals surface area contributed by atoms with Crippen LogP contribution in [0.15, 0.2) is 18.2 Å². The fourth-order valence-electron chi connectivity index (χ4n) is 5.58. The highest BCUT2D eigenvalue weighted by Gasteiger charge is 2.46. The maximum Gasteiger partial charge on any atom is 0.262 e. The van der Waals surface area contributed by atoms with Crippen LogP contribution >= 0.6 is 0 Å². The van der Waals surface area contributed by atoms with Crippen LogP contribution in [0.4, 0.5) is 0 Å². The van der Waals surface area contributed by atoms with Crippen LogP contribution in [0.2, 0.25) is 0 Å². The molecule has 2 N–H and O–H groups in total. The van der Waals surface area contributed by atoms with E-state index < -0.39 is 23.8 Å². The summed E-state index contributed by atoms with van der Waals surface area (Å²) in [6, 6.07) is 4.47. The number of piperazine rings is 1. The SMILES string of the molecule is O=C1CCC(N2C(=O)c3cccc(CN4CCNCC45CCCC5)c3C2=O)C(=O)N1. The van der Waals surface area contributed by atoms with E-state index in [1.54, 1.807) is 6.07 Å².